The number of anilines is 1. The highest BCUT2D eigenvalue weighted by Gasteiger charge is 2.01. The Hall–Kier alpha value is -2.99. The average molecular weight is 337 g/mol. The molecule has 0 atom stereocenters. The summed E-state index contributed by atoms with van der Waals surface area (Å²) in [7, 11) is 0. The first-order chi connectivity index (χ1) is 11.7. The number of amides is 1. The molecule has 1 N–H and O–H groups in total. The Labute approximate surface area is 143 Å². The number of nitrogens with zero attached hydrogens (tertiary/aromatic N) is 2. The lowest BCUT2D eigenvalue weighted by Gasteiger charge is -2.06. The smallest absolute Gasteiger partial charge is 0.248 e. The Morgan fingerprint density at radius 2 is 1.83 bits per heavy atom. The van der Waals surface area contributed by atoms with E-state index in [1.54, 1.807) is 54.9 Å². The Bertz CT molecular complexity index is 842. The number of rotatable bonds is 5. The third-order valence-corrected chi connectivity index (χ3v) is 3.95. The van der Waals surface area contributed by atoms with Gasteiger partial charge in [0.25, 0.3) is 0 Å². The van der Waals surface area contributed by atoms with Gasteiger partial charge in [0, 0.05) is 35.2 Å². The SMILES string of the molecule is Cc1csc(/C=C/C(=O)Nc2ccc(Oc3ccncc3)cc2)n1. The van der Waals surface area contributed by atoms with Crippen molar-refractivity contribution in [1.29, 1.82) is 0 Å². The first-order valence-corrected chi connectivity index (χ1v) is 8.16. The zero-order valence-corrected chi connectivity index (χ0v) is 13.8. The molecule has 120 valence electrons. The molecule has 6 heteroatoms. The predicted molar refractivity (Wildman–Crippen MR) is 95.3 cm³/mol. The van der Waals surface area contributed by atoms with Crippen LogP contribution in [0.5, 0.6) is 11.5 Å². The first kappa shape index (κ1) is 15.9. The van der Waals surface area contributed by atoms with Crippen molar-refractivity contribution >= 4 is 29.0 Å². The number of hydrogen-bond acceptors (Lipinski definition) is 5. The van der Waals surface area contributed by atoms with Crippen LogP contribution in [0, 0.1) is 6.92 Å². The zero-order valence-electron chi connectivity index (χ0n) is 13.0. The highest BCUT2D eigenvalue weighted by molar-refractivity contribution is 7.10. The fourth-order valence-electron chi connectivity index (χ4n) is 1.93. The molecule has 3 aromatic rings. The Morgan fingerprint density at radius 1 is 1.12 bits per heavy atom. The third-order valence-electron chi connectivity index (χ3n) is 3.02. The maximum atomic E-state index is 11.9. The number of nitrogens with one attached hydrogen (secondary N) is 1. The molecule has 1 amide bonds. The number of ether oxygens (including phenoxy) is 1. The second-order valence-electron chi connectivity index (χ2n) is 4.96. The number of aromatic nitrogens is 2. The third kappa shape index (κ3) is 4.50. The molecular weight excluding hydrogens is 322 g/mol. The Balaban J connectivity index is 1.57. The van der Waals surface area contributed by atoms with Crippen LogP contribution in [0.3, 0.4) is 0 Å². The van der Waals surface area contributed by atoms with Crippen LogP contribution in [0.2, 0.25) is 0 Å². The van der Waals surface area contributed by atoms with Crippen LogP contribution in [0.1, 0.15) is 10.7 Å². The van der Waals surface area contributed by atoms with Crippen LogP contribution in [-0.2, 0) is 4.79 Å². The van der Waals surface area contributed by atoms with Gasteiger partial charge in [-0.15, -0.1) is 11.3 Å². The van der Waals surface area contributed by atoms with E-state index in [-0.39, 0.29) is 5.91 Å². The van der Waals surface area contributed by atoms with Gasteiger partial charge in [-0.1, -0.05) is 0 Å². The molecule has 0 aliphatic carbocycles. The second-order valence-corrected chi connectivity index (χ2v) is 5.85. The quantitative estimate of drug-likeness (QED) is 0.705. The molecule has 1 aromatic carbocycles. The summed E-state index contributed by atoms with van der Waals surface area (Å²) >= 11 is 1.50. The lowest BCUT2D eigenvalue weighted by molar-refractivity contribution is -0.111. The largest absolute Gasteiger partial charge is 0.457 e. The number of carbonyl (C=O) groups is 1. The van der Waals surface area contributed by atoms with Gasteiger partial charge < -0.3 is 10.1 Å². The van der Waals surface area contributed by atoms with Gasteiger partial charge in [-0.05, 0) is 49.4 Å². The number of benzene rings is 1. The van der Waals surface area contributed by atoms with Gasteiger partial charge in [-0.25, -0.2) is 4.98 Å². The molecule has 0 spiro atoms. The van der Waals surface area contributed by atoms with E-state index in [1.165, 1.54) is 17.4 Å². The fraction of sp³-hybridized carbons (Fsp3) is 0.0556. The molecule has 2 heterocycles. The van der Waals surface area contributed by atoms with Crippen molar-refractivity contribution in [2.24, 2.45) is 0 Å². The van der Waals surface area contributed by atoms with Crippen LogP contribution in [0.15, 0.2) is 60.2 Å². The van der Waals surface area contributed by atoms with E-state index in [0.717, 1.165) is 10.7 Å². The monoisotopic (exact) mass is 337 g/mol. The van der Waals surface area contributed by atoms with E-state index in [9.17, 15) is 4.79 Å². The molecule has 0 bridgehead atoms. The first-order valence-electron chi connectivity index (χ1n) is 7.28. The molecule has 3 rings (SSSR count). The van der Waals surface area contributed by atoms with Crippen molar-refractivity contribution in [3.8, 4) is 11.5 Å². The van der Waals surface area contributed by atoms with Crippen LogP contribution >= 0.6 is 11.3 Å². The van der Waals surface area contributed by atoms with Crippen molar-refractivity contribution in [2.75, 3.05) is 5.32 Å². The van der Waals surface area contributed by atoms with E-state index < -0.39 is 0 Å². The summed E-state index contributed by atoms with van der Waals surface area (Å²) in [5.74, 6) is 1.20. The van der Waals surface area contributed by atoms with E-state index in [2.05, 4.69) is 15.3 Å². The molecule has 0 fully saturated rings. The number of hydrogen-bond donors (Lipinski definition) is 1. The maximum Gasteiger partial charge on any atom is 0.248 e. The van der Waals surface area contributed by atoms with Crippen molar-refractivity contribution < 1.29 is 9.53 Å². The molecule has 0 saturated heterocycles. The Kier molecular flexibility index (Phi) is 4.98. The fourth-order valence-corrected chi connectivity index (χ4v) is 2.62. The summed E-state index contributed by atoms with van der Waals surface area (Å²) in [4.78, 5) is 20.1. The lowest BCUT2D eigenvalue weighted by atomic mass is 10.3. The molecule has 5 nitrogen and oxygen atoms in total. The highest BCUT2D eigenvalue weighted by atomic mass is 32.1. The van der Waals surface area contributed by atoms with E-state index in [4.69, 9.17) is 4.74 Å². The molecule has 2 aromatic heterocycles. The molecule has 0 radical (unpaired) electrons. The summed E-state index contributed by atoms with van der Waals surface area (Å²) in [6, 6.07) is 10.7. The van der Waals surface area contributed by atoms with Crippen LogP contribution < -0.4 is 10.1 Å². The molecule has 24 heavy (non-hydrogen) atoms. The minimum atomic E-state index is -0.203. The predicted octanol–water partition coefficient (Wildman–Crippen LogP) is 4.29. The minimum absolute atomic E-state index is 0.203. The molecule has 0 saturated carbocycles. The van der Waals surface area contributed by atoms with Crippen molar-refractivity contribution in [2.45, 2.75) is 6.92 Å². The number of aryl methyl sites for hydroxylation is 1. The van der Waals surface area contributed by atoms with Crippen molar-refractivity contribution in [3.05, 3.63) is 70.9 Å². The van der Waals surface area contributed by atoms with E-state index in [0.29, 0.717) is 17.2 Å². The van der Waals surface area contributed by atoms with Gasteiger partial charge in [0.15, 0.2) is 0 Å². The second kappa shape index (κ2) is 7.52. The van der Waals surface area contributed by atoms with E-state index in [1.807, 2.05) is 12.3 Å². The highest BCUT2D eigenvalue weighted by Crippen LogP contribution is 2.22. The average Bonchev–Trinajstić information content (AvgIpc) is 3.01. The summed E-state index contributed by atoms with van der Waals surface area (Å²) < 4.78 is 5.67. The number of carbonyl (C=O) groups excluding carboxylic acids is 1. The summed E-state index contributed by atoms with van der Waals surface area (Å²) in [5, 5.41) is 5.55. The van der Waals surface area contributed by atoms with E-state index >= 15 is 0 Å². The minimum Gasteiger partial charge on any atom is -0.457 e. The maximum absolute atomic E-state index is 11.9. The number of thiazole rings is 1. The standard InChI is InChI=1S/C18H15N3O2S/c1-13-12-24-18(20-13)7-6-17(22)21-14-2-4-15(5-3-14)23-16-8-10-19-11-9-16/h2-12H,1H3,(H,21,22)/b7-6+. The lowest BCUT2D eigenvalue weighted by Crippen LogP contribution is -2.07. The van der Waals surface area contributed by atoms with Gasteiger partial charge in [0.1, 0.15) is 16.5 Å². The topological polar surface area (TPSA) is 64.1 Å². The van der Waals surface area contributed by atoms with Gasteiger partial charge in [-0.2, -0.15) is 0 Å². The molecular formula is C18H15N3O2S. The van der Waals surface area contributed by atoms with Gasteiger partial charge in [0.05, 0.1) is 0 Å². The normalized spacial score (nSPS) is 10.7. The van der Waals surface area contributed by atoms with Gasteiger partial charge >= 0.3 is 0 Å². The summed E-state index contributed by atoms with van der Waals surface area (Å²) in [6.07, 6.45) is 6.51. The Morgan fingerprint density at radius 3 is 2.50 bits per heavy atom. The van der Waals surface area contributed by atoms with Crippen LogP contribution in [-0.4, -0.2) is 15.9 Å². The summed E-state index contributed by atoms with van der Waals surface area (Å²) in [6.45, 7) is 1.92. The summed E-state index contributed by atoms with van der Waals surface area (Å²) in [5.41, 5.74) is 1.65. The van der Waals surface area contributed by atoms with Crippen molar-refractivity contribution in [3.63, 3.8) is 0 Å². The molecule has 0 unspecified atom stereocenters. The van der Waals surface area contributed by atoms with Crippen LogP contribution in [0.25, 0.3) is 6.08 Å². The molecule has 0 aliphatic heterocycles. The number of pyridine rings is 1. The van der Waals surface area contributed by atoms with Crippen LogP contribution in [0.4, 0.5) is 5.69 Å². The zero-order chi connectivity index (χ0) is 16.8. The molecule has 0 aliphatic rings. The van der Waals surface area contributed by atoms with Crippen molar-refractivity contribution in [1.82, 2.24) is 9.97 Å². The van der Waals surface area contributed by atoms with Gasteiger partial charge in [-0.3, -0.25) is 9.78 Å². The van der Waals surface area contributed by atoms with Gasteiger partial charge in [0.2, 0.25) is 5.91 Å².